The van der Waals surface area contributed by atoms with Crippen molar-refractivity contribution in [1.82, 2.24) is 4.98 Å². The van der Waals surface area contributed by atoms with Crippen LogP contribution in [0.4, 0.5) is 5.82 Å². The molecular weight excluding hydrogens is 206 g/mol. The van der Waals surface area contributed by atoms with E-state index in [0.29, 0.717) is 5.82 Å². The second-order valence-corrected chi connectivity index (χ2v) is 4.24. The minimum absolute atomic E-state index is 0.0399. The van der Waals surface area contributed by atoms with Gasteiger partial charge in [0.15, 0.2) is 0 Å². The molecule has 0 saturated carbocycles. The molecule has 4 heteroatoms. The molecule has 4 N–H and O–H groups in total. The van der Waals surface area contributed by atoms with Gasteiger partial charge >= 0.3 is 0 Å². The van der Waals surface area contributed by atoms with Crippen LogP contribution in [0.2, 0.25) is 0 Å². The van der Waals surface area contributed by atoms with Gasteiger partial charge in [0, 0.05) is 12.2 Å². The molecule has 3 nitrogen and oxygen atoms in total. The molecule has 2 aromatic rings. The average Bonchev–Trinajstić information content (AvgIpc) is 2.70. The van der Waals surface area contributed by atoms with Gasteiger partial charge in [-0.05, 0) is 46.5 Å². The highest BCUT2D eigenvalue weighted by atomic mass is 32.1. The molecule has 0 radical (unpaired) electrons. The summed E-state index contributed by atoms with van der Waals surface area (Å²) in [6, 6.07) is 5.91. The van der Waals surface area contributed by atoms with Gasteiger partial charge in [-0.3, -0.25) is 0 Å². The summed E-state index contributed by atoms with van der Waals surface area (Å²) < 4.78 is 0. The largest absolute Gasteiger partial charge is 0.384 e. The van der Waals surface area contributed by atoms with Crippen LogP contribution in [-0.4, -0.2) is 4.98 Å². The zero-order valence-electron chi connectivity index (χ0n) is 8.26. The number of rotatable bonds is 3. The van der Waals surface area contributed by atoms with E-state index in [9.17, 15) is 0 Å². The summed E-state index contributed by atoms with van der Waals surface area (Å²) in [4.78, 5) is 3.95. The number of hydrogen-bond donors (Lipinski definition) is 2. The SMILES string of the molecule is Nc1cc(CC(N)c2ccsc2)ccn1. The van der Waals surface area contributed by atoms with Gasteiger partial charge < -0.3 is 11.5 Å². The predicted octanol–water partition coefficient (Wildman–Crippen LogP) is 1.97. The quantitative estimate of drug-likeness (QED) is 0.829. The Morgan fingerprint density at radius 3 is 2.93 bits per heavy atom. The molecule has 1 atom stereocenters. The molecule has 0 bridgehead atoms. The van der Waals surface area contributed by atoms with Crippen molar-refractivity contribution in [3.05, 3.63) is 46.3 Å². The van der Waals surface area contributed by atoms with Gasteiger partial charge in [-0.1, -0.05) is 0 Å². The van der Waals surface area contributed by atoms with Gasteiger partial charge in [-0.15, -0.1) is 0 Å². The third-order valence-corrected chi connectivity index (χ3v) is 2.97. The van der Waals surface area contributed by atoms with Crippen molar-refractivity contribution in [3.8, 4) is 0 Å². The Kier molecular flexibility index (Phi) is 2.99. The van der Waals surface area contributed by atoms with E-state index in [1.54, 1.807) is 17.5 Å². The van der Waals surface area contributed by atoms with Gasteiger partial charge in [0.05, 0.1) is 0 Å². The molecule has 78 valence electrons. The summed E-state index contributed by atoms with van der Waals surface area (Å²) >= 11 is 1.66. The topological polar surface area (TPSA) is 64.9 Å². The van der Waals surface area contributed by atoms with Crippen LogP contribution in [0, 0.1) is 0 Å². The summed E-state index contributed by atoms with van der Waals surface area (Å²) in [7, 11) is 0. The fourth-order valence-corrected chi connectivity index (χ4v) is 2.20. The maximum atomic E-state index is 6.07. The Hall–Kier alpha value is -1.39. The Morgan fingerprint density at radius 1 is 1.40 bits per heavy atom. The first-order valence-corrected chi connectivity index (χ1v) is 5.68. The van der Waals surface area contributed by atoms with Crippen LogP contribution in [0.25, 0.3) is 0 Å². The highest BCUT2D eigenvalue weighted by molar-refractivity contribution is 7.07. The maximum Gasteiger partial charge on any atom is 0.123 e. The molecule has 0 aromatic carbocycles. The van der Waals surface area contributed by atoms with E-state index in [0.717, 1.165) is 12.0 Å². The number of aromatic nitrogens is 1. The number of anilines is 1. The standard InChI is InChI=1S/C11H13N3S/c12-10(9-2-4-15-7-9)5-8-1-3-14-11(13)6-8/h1-4,6-7,10H,5,12H2,(H2,13,14). The Balaban J connectivity index is 2.09. The molecule has 0 aliphatic rings. The van der Waals surface area contributed by atoms with E-state index in [-0.39, 0.29) is 6.04 Å². The second-order valence-electron chi connectivity index (χ2n) is 3.46. The van der Waals surface area contributed by atoms with Crippen LogP contribution >= 0.6 is 11.3 Å². The summed E-state index contributed by atoms with van der Waals surface area (Å²) in [5, 5.41) is 4.12. The first-order chi connectivity index (χ1) is 7.25. The summed E-state index contributed by atoms with van der Waals surface area (Å²) in [6.07, 6.45) is 2.51. The molecule has 0 aliphatic heterocycles. The molecule has 2 rings (SSSR count). The van der Waals surface area contributed by atoms with E-state index in [1.807, 2.05) is 17.5 Å². The minimum atomic E-state index is 0.0399. The summed E-state index contributed by atoms with van der Waals surface area (Å²) in [6.45, 7) is 0. The molecule has 0 amide bonds. The maximum absolute atomic E-state index is 6.07. The van der Waals surface area contributed by atoms with Crippen LogP contribution < -0.4 is 11.5 Å². The number of nitrogens with two attached hydrogens (primary N) is 2. The van der Waals surface area contributed by atoms with E-state index < -0.39 is 0 Å². The third-order valence-electron chi connectivity index (χ3n) is 2.27. The van der Waals surface area contributed by atoms with Crippen molar-refractivity contribution in [3.63, 3.8) is 0 Å². The van der Waals surface area contributed by atoms with Gasteiger partial charge in [0.2, 0.25) is 0 Å². The number of nitrogen functional groups attached to an aromatic ring is 1. The highest BCUT2D eigenvalue weighted by Crippen LogP contribution is 2.18. The van der Waals surface area contributed by atoms with Crippen molar-refractivity contribution < 1.29 is 0 Å². The van der Waals surface area contributed by atoms with E-state index in [4.69, 9.17) is 11.5 Å². The van der Waals surface area contributed by atoms with E-state index >= 15 is 0 Å². The zero-order valence-corrected chi connectivity index (χ0v) is 9.08. The average molecular weight is 219 g/mol. The second kappa shape index (κ2) is 4.42. The zero-order chi connectivity index (χ0) is 10.7. The normalized spacial score (nSPS) is 12.6. The van der Waals surface area contributed by atoms with Gasteiger partial charge in [0.1, 0.15) is 5.82 Å². The van der Waals surface area contributed by atoms with Gasteiger partial charge in [-0.25, -0.2) is 4.98 Å². The highest BCUT2D eigenvalue weighted by Gasteiger charge is 2.07. The van der Waals surface area contributed by atoms with Crippen molar-refractivity contribution in [2.45, 2.75) is 12.5 Å². The lowest BCUT2D eigenvalue weighted by atomic mass is 10.0. The molecular formula is C11H13N3S. The summed E-state index contributed by atoms with van der Waals surface area (Å²) in [5.41, 5.74) is 14.0. The number of thiophene rings is 1. The lowest BCUT2D eigenvalue weighted by Crippen LogP contribution is -2.12. The molecule has 15 heavy (non-hydrogen) atoms. The fraction of sp³-hybridized carbons (Fsp3) is 0.182. The van der Waals surface area contributed by atoms with Crippen molar-refractivity contribution in [2.75, 3.05) is 5.73 Å². The lowest BCUT2D eigenvalue weighted by Gasteiger charge is -2.09. The van der Waals surface area contributed by atoms with Gasteiger partial charge in [-0.2, -0.15) is 11.3 Å². The molecule has 0 saturated heterocycles. The predicted molar refractivity (Wildman–Crippen MR) is 63.6 cm³/mol. The molecule has 2 heterocycles. The van der Waals surface area contributed by atoms with Crippen LogP contribution in [0.3, 0.4) is 0 Å². The number of hydrogen-bond acceptors (Lipinski definition) is 4. The van der Waals surface area contributed by atoms with Crippen LogP contribution in [0.15, 0.2) is 35.2 Å². The number of pyridine rings is 1. The molecule has 0 fully saturated rings. The van der Waals surface area contributed by atoms with E-state index in [1.165, 1.54) is 5.56 Å². The first-order valence-electron chi connectivity index (χ1n) is 4.74. The van der Waals surface area contributed by atoms with Crippen LogP contribution in [0.5, 0.6) is 0 Å². The lowest BCUT2D eigenvalue weighted by molar-refractivity contribution is 0.724. The third kappa shape index (κ3) is 2.55. The Bertz CT molecular complexity index is 425. The van der Waals surface area contributed by atoms with Crippen molar-refractivity contribution in [1.29, 1.82) is 0 Å². The number of nitrogens with zero attached hydrogens (tertiary/aromatic N) is 1. The molecule has 2 aromatic heterocycles. The molecule has 1 unspecified atom stereocenters. The Labute approximate surface area is 92.8 Å². The van der Waals surface area contributed by atoms with Crippen LogP contribution in [0.1, 0.15) is 17.2 Å². The van der Waals surface area contributed by atoms with Crippen LogP contribution in [-0.2, 0) is 6.42 Å². The monoisotopic (exact) mass is 219 g/mol. The minimum Gasteiger partial charge on any atom is -0.384 e. The van der Waals surface area contributed by atoms with Crippen molar-refractivity contribution in [2.24, 2.45) is 5.73 Å². The van der Waals surface area contributed by atoms with E-state index in [2.05, 4.69) is 16.4 Å². The van der Waals surface area contributed by atoms with Gasteiger partial charge in [0.25, 0.3) is 0 Å². The van der Waals surface area contributed by atoms with Crippen molar-refractivity contribution >= 4 is 17.2 Å². The summed E-state index contributed by atoms with van der Waals surface area (Å²) in [5.74, 6) is 0.546. The first kappa shape index (κ1) is 10.1. The Morgan fingerprint density at radius 2 is 2.27 bits per heavy atom. The smallest absolute Gasteiger partial charge is 0.123 e. The molecule has 0 aliphatic carbocycles. The molecule has 0 spiro atoms. The fourth-order valence-electron chi connectivity index (χ4n) is 1.48.